The summed E-state index contributed by atoms with van der Waals surface area (Å²) >= 11 is 1.55. The van der Waals surface area contributed by atoms with E-state index in [-0.39, 0.29) is 0 Å². The van der Waals surface area contributed by atoms with Gasteiger partial charge < -0.3 is 15.0 Å². The molecule has 84 valence electrons. The Labute approximate surface area is 97.1 Å². The highest BCUT2D eigenvalue weighted by Crippen LogP contribution is 2.28. The zero-order valence-corrected chi connectivity index (χ0v) is 9.57. The van der Waals surface area contributed by atoms with Gasteiger partial charge in [-0.05, 0) is 30.5 Å². The van der Waals surface area contributed by atoms with Crippen molar-refractivity contribution in [3.05, 3.63) is 35.2 Å². The molecule has 0 aromatic carbocycles. The highest BCUT2D eigenvalue weighted by atomic mass is 32.1. The number of anilines is 2. The zero-order valence-electron chi connectivity index (χ0n) is 8.75. The molecule has 5 heteroatoms. The van der Waals surface area contributed by atoms with Crippen LogP contribution in [-0.4, -0.2) is 22.1 Å². The molecular formula is C11H12N2O2S. The molecule has 0 unspecified atom stereocenters. The average Bonchev–Trinajstić information content (AvgIpc) is 2.89. The largest absolute Gasteiger partial charge is 0.480 e. The number of aromatic amines is 1. The zero-order chi connectivity index (χ0) is 11.5. The van der Waals surface area contributed by atoms with Gasteiger partial charge in [0.05, 0.1) is 5.69 Å². The van der Waals surface area contributed by atoms with Crippen LogP contribution in [0.5, 0.6) is 0 Å². The summed E-state index contributed by atoms with van der Waals surface area (Å²) in [6.07, 6.45) is 1.78. The number of aliphatic carboxylic acids is 1. The van der Waals surface area contributed by atoms with Gasteiger partial charge >= 0.3 is 5.97 Å². The van der Waals surface area contributed by atoms with Gasteiger partial charge in [-0.1, -0.05) is 0 Å². The molecule has 0 aliphatic rings. The molecule has 2 N–H and O–H groups in total. The highest BCUT2D eigenvalue weighted by Gasteiger charge is 2.23. The lowest BCUT2D eigenvalue weighted by Gasteiger charge is -2.26. The molecule has 0 spiro atoms. The number of hydrogen-bond donors (Lipinski definition) is 2. The van der Waals surface area contributed by atoms with Crippen molar-refractivity contribution in [3.8, 4) is 0 Å². The van der Waals surface area contributed by atoms with Gasteiger partial charge in [-0.25, -0.2) is 4.79 Å². The van der Waals surface area contributed by atoms with Crippen LogP contribution in [0.2, 0.25) is 0 Å². The maximum Gasteiger partial charge on any atom is 0.326 e. The summed E-state index contributed by atoms with van der Waals surface area (Å²) in [7, 11) is 0. The van der Waals surface area contributed by atoms with Gasteiger partial charge in [0.1, 0.15) is 11.9 Å². The molecule has 4 nitrogen and oxygen atoms in total. The van der Waals surface area contributed by atoms with Crippen LogP contribution in [-0.2, 0) is 4.79 Å². The number of nitrogens with one attached hydrogen (secondary N) is 1. The van der Waals surface area contributed by atoms with Crippen LogP contribution >= 0.6 is 11.3 Å². The fraction of sp³-hybridized carbons (Fsp3) is 0.182. The van der Waals surface area contributed by atoms with Crippen molar-refractivity contribution in [3.63, 3.8) is 0 Å². The van der Waals surface area contributed by atoms with Crippen molar-refractivity contribution in [2.45, 2.75) is 13.0 Å². The second-order valence-corrected chi connectivity index (χ2v) is 4.20. The number of carbonyl (C=O) groups is 1. The van der Waals surface area contributed by atoms with Gasteiger partial charge in [0, 0.05) is 11.6 Å². The monoisotopic (exact) mass is 236 g/mol. The quantitative estimate of drug-likeness (QED) is 0.858. The smallest absolute Gasteiger partial charge is 0.326 e. The van der Waals surface area contributed by atoms with Gasteiger partial charge in [-0.3, -0.25) is 0 Å². The summed E-state index contributed by atoms with van der Waals surface area (Å²) in [6, 6.07) is 5.01. The van der Waals surface area contributed by atoms with Crippen molar-refractivity contribution >= 4 is 28.8 Å². The summed E-state index contributed by atoms with van der Waals surface area (Å²) in [5, 5.41) is 13.0. The summed E-state index contributed by atoms with van der Waals surface area (Å²) < 4.78 is 0. The van der Waals surface area contributed by atoms with E-state index in [1.54, 1.807) is 29.4 Å². The molecule has 0 saturated heterocycles. The molecule has 0 amide bonds. The first-order valence-electron chi connectivity index (χ1n) is 4.88. The number of thiophene rings is 1. The first-order chi connectivity index (χ1) is 7.70. The van der Waals surface area contributed by atoms with Gasteiger partial charge in [0.25, 0.3) is 0 Å². The van der Waals surface area contributed by atoms with Gasteiger partial charge in [-0.15, -0.1) is 0 Å². The molecule has 2 aromatic heterocycles. The fourth-order valence-electron chi connectivity index (χ4n) is 1.55. The predicted molar refractivity (Wildman–Crippen MR) is 64.3 cm³/mol. The normalized spacial score (nSPS) is 12.3. The lowest BCUT2D eigenvalue weighted by molar-refractivity contribution is -0.138. The lowest BCUT2D eigenvalue weighted by Crippen LogP contribution is -2.35. The maximum absolute atomic E-state index is 11.1. The molecular weight excluding hydrogens is 224 g/mol. The molecule has 2 heterocycles. The minimum absolute atomic E-state index is 0.603. The van der Waals surface area contributed by atoms with E-state index >= 15 is 0 Å². The van der Waals surface area contributed by atoms with E-state index in [0.717, 1.165) is 11.5 Å². The summed E-state index contributed by atoms with van der Waals surface area (Å²) in [5.41, 5.74) is 0.891. The molecule has 16 heavy (non-hydrogen) atoms. The fourth-order valence-corrected chi connectivity index (χ4v) is 2.17. The number of hydrogen-bond acceptors (Lipinski definition) is 3. The van der Waals surface area contributed by atoms with Crippen LogP contribution in [0.1, 0.15) is 6.92 Å². The molecule has 2 aromatic rings. The van der Waals surface area contributed by atoms with E-state index in [4.69, 9.17) is 5.11 Å². The van der Waals surface area contributed by atoms with Crippen molar-refractivity contribution in [2.24, 2.45) is 0 Å². The Morgan fingerprint density at radius 2 is 2.38 bits per heavy atom. The Bertz CT molecular complexity index is 416. The highest BCUT2D eigenvalue weighted by molar-refractivity contribution is 7.08. The van der Waals surface area contributed by atoms with Gasteiger partial charge in [-0.2, -0.15) is 11.3 Å². The molecule has 0 fully saturated rings. The minimum atomic E-state index is -0.846. The first kappa shape index (κ1) is 10.8. The van der Waals surface area contributed by atoms with Crippen LogP contribution in [0.25, 0.3) is 0 Å². The van der Waals surface area contributed by atoms with Crippen molar-refractivity contribution in [2.75, 3.05) is 4.90 Å². The van der Waals surface area contributed by atoms with Crippen molar-refractivity contribution in [1.29, 1.82) is 0 Å². The Hall–Kier alpha value is -1.75. The summed E-state index contributed by atoms with van der Waals surface area (Å²) in [6.45, 7) is 1.67. The predicted octanol–water partition coefficient (Wildman–Crippen LogP) is 2.69. The first-order valence-corrected chi connectivity index (χ1v) is 5.82. The Kier molecular flexibility index (Phi) is 2.96. The summed E-state index contributed by atoms with van der Waals surface area (Å²) in [4.78, 5) is 15.9. The molecule has 0 radical (unpaired) electrons. The van der Waals surface area contributed by atoms with E-state index in [0.29, 0.717) is 0 Å². The molecule has 2 rings (SSSR count). The number of H-pyrrole nitrogens is 1. The maximum atomic E-state index is 11.1. The number of carboxylic acids is 1. The molecule has 0 aliphatic carbocycles. The second kappa shape index (κ2) is 4.40. The van der Waals surface area contributed by atoms with Crippen LogP contribution in [0.4, 0.5) is 11.5 Å². The number of aromatic nitrogens is 1. The van der Waals surface area contributed by atoms with Crippen molar-refractivity contribution in [1.82, 2.24) is 4.98 Å². The van der Waals surface area contributed by atoms with Gasteiger partial charge in [0.15, 0.2) is 0 Å². The minimum Gasteiger partial charge on any atom is -0.480 e. The third-order valence-corrected chi connectivity index (χ3v) is 3.04. The standard InChI is InChI=1S/C11H12N2O2S/c1-8(11(14)15)13(9-4-6-16-7-9)10-3-2-5-12-10/h2-8,12H,1H3,(H,14,15)/t8-/m0/s1. The Morgan fingerprint density at radius 3 is 2.88 bits per heavy atom. The van der Waals surface area contributed by atoms with E-state index < -0.39 is 12.0 Å². The molecule has 0 aliphatic heterocycles. The summed E-state index contributed by atoms with van der Waals surface area (Å²) in [5.74, 6) is -0.0610. The van der Waals surface area contributed by atoms with Crippen LogP contribution in [0.3, 0.4) is 0 Å². The molecule has 1 atom stereocenters. The second-order valence-electron chi connectivity index (χ2n) is 3.42. The average molecular weight is 236 g/mol. The van der Waals surface area contributed by atoms with E-state index in [9.17, 15) is 4.79 Å². The molecule has 0 saturated carbocycles. The third-order valence-electron chi connectivity index (χ3n) is 2.37. The number of carboxylic acid groups (broad SMARTS) is 1. The third kappa shape index (κ3) is 1.94. The SMILES string of the molecule is C[C@@H](C(=O)O)N(c1ccsc1)c1ccc[nH]1. The molecule has 0 bridgehead atoms. The Morgan fingerprint density at radius 1 is 1.56 bits per heavy atom. The topological polar surface area (TPSA) is 56.3 Å². The van der Waals surface area contributed by atoms with Gasteiger partial charge in [0.2, 0.25) is 0 Å². The Balaban J connectivity index is 2.38. The number of nitrogens with zero attached hydrogens (tertiary/aromatic N) is 1. The van der Waals surface area contributed by atoms with Crippen LogP contribution in [0, 0.1) is 0 Å². The van der Waals surface area contributed by atoms with E-state index in [1.807, 2.05) is 29.0 Å². The van der Waals surface area contributed by atoms with Crippen molar-refractivity contribution < 1.29 is 9.90 Å². The van der Waals surface area contributed by atoms with E-state index in [1.165, 1.54) is 0 Å². The number of rotatable bonds is 4. The lowest BCUT2D eigenvalue weighted by atomic mass is 10.2. The van der Waals surface area contributed by atoms with Crippen LogP contribution < -0.4 is 4.90 Å². The van der Waals surface area contributed by atoms with Crippen LogP contribution in [0.15, 0.2) is 35.2 Å². The van der Waals surface area contributed by atoms with E-state index in [2.05, 4.69) is 4.98 Å².